The second-order valence-corrected chi connectivity index (χ2v) is 20.5. The second-order valence-electron chi connectivity index (χ2n) is 18.3. The van der Waals surface area contributed by atoms with E-state index in [1.807, 2.05) is 13.0 Å². The highest BCUT2D eigenvalue weighted by Crippen LogP contribution is 2.58. The molecule has 7 atom stereocenters. The smallest absolute Gasteiger partial charge is 0.438 e. The summed E-state index contributed by atoms with van der Waals surface area (Å²) in [5, 5.41) is 0. The van der Waals surface area contributed by atoms with Crippen molar-refractivity contribution in [3.63, 3.8) is 0 Å². The third kappa shape index (κ3) is 10.4. The summed E-state index contributed by atoms with van der Waals surface area (Å²) in [6.45, 7) is 5.89. The minimum absolute atomic E-state index is 0.0263. The highest BCUT2D eigenvalue weighted by atomic mass is 32.2. The van der Waals surface area contributed by atoms with E-state index in [-0.39, 0.29) is 48.8 Å². The molecule has 354 valence electrons. The number of ketones is 1. The van der Waals surface area contributed by atoms with Crippen molar-refractivity contribution in [1.29, 1.82) is 0 Å². The summed E-state index contributed by atoms with van der Waals surface area (Å²) < 4.78 is 135. The summed E-state index contributed by atoms with van der Waals surface area (Å²) in [4.78, 5) is 66.1. The van der Waals surface area contributed by atoms with Gasteiger partial charge >= 0.3 is 18.3 Å². The van der Waals surface area contributed by atoms with Gasteiger partial charge in [-0.15, -0.1) is 0 Å². The van der Waals surface area contributed by atoms with Crippen molar-refractivity contribution < 1.29 is 72.9 Å². The predicted molar refractivity (Wildman–Crippen MR) is 217 cm³/mol. The van der Waals surface area contributed by atoms with Crippen LogP contribution in [0.1, 0.15) is 98.1 Å². The van der Waals surface area contributed by atoms with Crippen molar-refractivity contribution in [2.75, 3.05) is 26.9 Å². The molecule has 3 heterocycles. The van der Waals surface area contributed by atoms with E-state index in [1.54, 1.807) is 13.0 Å². The molecule has 6 rings (SSSR count). The molecule has 64 heavy (non-hydrogen) atoms. The van der Waals surface area contributed by atoms with E-state index in [9.17, 15) is 49.1 Å². The number of esters is 1. The molecule has 2 aliphatic heterocycles. The molecule has 2 aromatic rings. The molecular weight excluding hydrogens is 879 g/mol. The molecule has 0 unspecified atom stereocenters. The van der Waals surface area contributed by atoms with E-state index in [0.717, 1.165) is 4.90 Å². The first-order valence-electron chi connectivity index (χ1n) is 21.3. The van der Waals surface area contributed by atoms with Gasteiger partial charge in [-0.3, -0.25) is 23.9 Å². The molecule has 14 nitrogen and oxygen atoms in total. The van der Waals surface area contributed by atoms with Crippen molar-refractivity contribution in [1.82, 2.24) is 19.6 Å². The number of hydrogen-bond acceptors (Lipinski definition) is 12. The molecule has 1 N–H and O–H groups in total. The van der Waals surface area contributed by atoms with E-state index in [2.05, 4.69) is 14.7 Å². The molecule has 21 heteroatoms. The van der Waals surface area contributed by atoms with Gasteiger partial charge in [0.05, 0.1) is 52.7 Å². The van der Waals surface area contributed by atoms with Crippen molar-refractivity contribution in [3.05, 3.63) is 36.0 Å². The summed E-state index contributed by atoms with van der Waals surface area (Å²) in [5.74, 6) is -7.69. The number of halogens is 6. The van der Waals surface area contributed by atoms with E-state index in [0.29, 0.717) is 39.5 Å². The minimum Gasteiger partial charge on any atom is -0.494 e. The Bertz CT molecular complexity index is 2270. The Kier molecular flexibility index (Phi) is 13.8. The van der Waals surface area contributed by atoms with E-state index >= 15 is 4.79 Å². The minimum atomic E-state index is -5.09. The van der Waals surface area contributed by atoms with Crippen LogP contribution in [0.5, 0.6) is 11.6 Å². The number of Topliss-reactive ketones (excluding diaryl/α,β-unsaturated/α-hetero) is 1. The quantitative estimate of drug-likeness (QED) is 0.133. The largest absolute Gasteiger partial charge is 0.494 e. The Labute approximate surface area is 367 Å². The number of carbonyl (C=O) groups is 4. The number of sulfonamides is 1. The number of nitrogens with zero attached hydrogens (tertiary/aromatic N) is 3. The number of amides is 2. The first-order chi connectivity index (χ1) is 29.7. The fourth-order valence-corrected chi connectivity index (χ4v) is 9.89. The lowest BCUT2D eigenvalue weighted by atomic mass is 9.81. The van der Waals surface area contributed by atoms with Gasteiger partial charge in [-0.1, -0.05) is 19.1 Å². The van der Waals surface area contributed by atoms with Crippen LogP contribution in [0.3, 0.4) is 0 Å². The Hall–Kier alpha value is -4.53. The summed E-state index contributed by atoms with van der Waals surface area (Å²) in [7, 11) is -2.82. The van der Waals surface area contributed by atoms with Gasteiger partial charge in [0.15, 0.2) is 5.78 Å². The molecule has 1 saturated heterocycles. The zero-order chi connectivity index (χ0) is 47.2. The van der Waals surface area contributed by atoms with Crippen molar-refractivity contribution in [2.24, 2.45) is 29.1 Å². The summed E-state index contributed by atoms with van der Waals surface area (Å²) >= 11 is 0. The molecule has 0 radical (unpaired) electrons. The third-order valence-electron chi connectivity index (χ3n) is 12.9. The number of fused-ring (bicyclic) bond motifs is 3. The standard InChI is InChI=1S/C43H54F6N4O10S/c1-7-61-27-12-13-30-31(17-27)51-36(35(50-30)42(44,45)46)62-28-18-32-33(54)21-41(38(57)52-64(58,59)40(5)14-15-40)20-26(41)11-9-8-10-24(2)16-25(23-60-6)29(37(56)53(32)22-28)19-34(55)63-39(3,4)43(47,48)49/h9,11-13,17,24-26,28-29,32H,7-8,10,14-16,18-23H2,1-6H3,(H,52,57)/b11-9-/t24-,25-,26+,28+,29-,32-,41+/m0/s1. The fourth-order valence-electron chi connectivity index (χ4n) is 8.55. The molecule has 1 aromatic heterocycles. The van der Waals surface area contributed by atoms with E-state index in [1.165, 1.54) is 32.2 Å². The van der Waals surface area contributed by atoms with Crippen LogP contribution in [0.2, 0.25) is 0 Å². The van der Waals surface area contributed by atoms with Crippen LogP contribution >= 0.6 is 0 Å². The number of rotatable bonds is 12. The van der Waals surface area contributed by atoms with Gasteiger partial charge in [-0.2, -0.15) is 26.3 Å². The molecule has 2 aliphatic carbocycles. The number of carbonyl (C=O) groups excluding carboxylic acids is 4. The van der Waals surface area contributed by atoms with E-state index in [4.69, 9.17) is 18.9 Å². The van der Waals surface area contributed by atoms with Crippen LogP contribution in [0.4, 0.5) is 26.3 Å². The molecule has 4 aliphatic rings. The highest BCUT2D eigenvalue weighted by molar-refractivity contribution is 7.91. The maximum absolute atomic E-state index is 15.0. The third-order valence-corrected chi connectivity index (χ3v) is 15.0. The van der Waals surface area contributed by atoms with E-state index < -0.39 is 129 Å². The maximum atomic E-state index is 15.0. The van der Waals surface area contributed by atoms with Crippen LogP contribution < -0.4 is 14.2 Å². The summed E-state index contributed by atoms with van der Waals surface area (Å²) in [5.41, 5.74) is -6.18. The predicted octanol–water partition coefficient (Wildman–Crippen LogP) is 6.89. The van der Waals surface area contributed by atoms with Gasteiger partial charge in [-0.25, -0.2) is 18.4 Å². The summed E-state index contributed by atoms with van der Waals surface area (Å²) in [6.07, 6.45) is -7.89. The fraction of sp³-hybridized carbons (Fsp3) is 0.674. The number of aromatic nitrogens is 2. The second kappa shape index (κ2) is 18.0. The van der Waals surface area contributed by atoms with Crippen molar-refractivity contribution in [3.8, 4) is 11.6 Å². The van der Waals surface area contributed by atoms with Crippen LogP contribution in [-0.4, -0.2) is 102 Å². The first kappa shape index (κ1) is 48.9. The number of alkyl halides is 6. The lowest BCUT2D eigenvalue weighted by molar-refractivity contribution is -0.257. The van der Waals surface area contributed by atoms with Crippen molar-refractivity contribution >= 4 is 44.6 Å². The van der Waals surface area contributed by atoms with Crippen molar-refractivity contribution in [2.45, 2.75) is 127 Å². The number of nitrogens with one attached hydrogen (secondary N) is 1. The lowest BCUT2D eigenvalue weighted by Crippen LogP contribution is -2.49. The molecule has 0 bridgehead atoms. The molecule has 1 aromatic carbocycles. The zero-order valence-corrected chi connectivity index (χ0v) is 37.3. The Balaban J connectivity index is 1.42. The van der Waals surface area contributed by atoms with Gasteiger partial charge in [0.25, 0.3) is 0 Å². The molecule has 2 saturated carbocycles. The van der Waals surface area contributed by atoms with Gasteiger partial charge in [0, 0.05) is 32.6 Å². The highest BCUT2D eigenvalue weighted by Gasteiger charge is 2.63. The lowest BCUT2D eigenvalue weighted by Gasteiger charge is -2.34. The average molecular weight is 933 g/mol. The normalized spacial score (nSPS) is 28.3. The Morgan fingerprint density at radius 1 is 1.03 bits per heavy atom. The van der Waals surface area contributed by atoms with Gasteiger partial charge in [-0.05, 0) is 96.1 Å². The zero-order valence-electron chi connectivity index (χ0n) is 36.4. The number of ether oxygens (including phenoxy) is 4. The Morgan fingerprint density at radius 2 is 1.73 bits per heavy atom. The van der Waals surface area contributed by atoms with Crippen LogP contribution in [-0.2, 0) is 44.9 Å². The van der Waals surface area contributed by atoms with Crippen LogP contribution in [0.15, 0.2) is 30.4 Å². The number of allylic oxidation sites excluding steroid dienone is 2. The first-order valence-corrected chi connectivity index (χ1v) is 22.7. The molecular formula is C43H54F6N4O10S. The summed E-state index contributed by atoms with van der Waals surface area (Å²) in [6, 6.07) is 2.55. The SMILES string of the molecule is CCOc1ccc2nc(C(F)(F)F)c(O[C@@H]3C[C@H]4C(=O)C[C@]5(C(=O)NS(=O)(=O)C6(C)CC6)C[C@H]5/C=C\CC[C@H](C)C[C@@H](COC)[C@H](CC(=O)OC(C)(C)C(F)(F)F)C(=O)N4C3)nc2c1. The topological polar surface area (TPSA) is 180 Å². The monoisotopic (exact) mass is 932 g/mol. The number of methoxy groups -OCH3 is 1. The van der Waals surface area contributed by atoms with Gasteiger partial charge in [0.1, 0.15) is 11.9 Å². The number of hydrogen-bond donors (Lipinski definition) is 1. The maximum Gasteiger partial charge on any atom is 0.438 e. The van der Waals surface area contributed by atoms with Gasteiger partial charge < -0.3 is 23.8 Å². The molecule has 0 spiro atoms. The molecule has 2 amide bonds. The van der Waals surface area contributed by atoms with Crippen LogP contribution in [0.25, 0.3) is 11.0 Å². The Morgan fingerprint density at radius 3 is 2.36 bits per heavy atom. The van der Waals surface area contributed by atoms with Crippen LogP contribution in [0, 0.1) is 29.1 Å². The average Bonchev–Trinajstić information content (AvgIpc) is 4.07. The van der Waals surface area contributed by atoms with Gasteiger partial charge in [0.2, 0.25) is 39.0 Å². The number of benzene rings is 1. The molecule has 3 fully saturated rings.